The van der Waals surface area contributed by atoms with Crippen molar-refractivity contribution in [3.8, 4) is 11.5 Å². The van der Waals surface area contributed by atoms with Crippen LogP contribution in [0.25, 0.3) is 6.08 Å². The van der Waals surface area contributed by atoms with Crippen molar-refractivity contribution in [3.63, 3.8) is 0 Å². The summed E-state index contributed by atoms with van der Waals surface area (Å²) < 4.78 is 18.5. The molecule has 0 saturated heterocycles. The average molecular weight is 588 g/mol. The van der Waals surface area contributed by atoms with Gasteiger partial charge in [-0.05, 0) is 43.2 Å². The molecule has 0 unspecified atom stereocenters. The standard InChI is InChI=1S/C25H22BrN3O7S/c1-5-36-24(31)21-13(2)27-25-28(22(21)16-11-18(34-3)19(35-4)12-17(16)26)23(30)20(37-25)10-14-7-6-8-15(9-14)29(32)33/h6-12,22H,5H2,1-4H3/b20-10-/t22-/m0/s1. The molecule has 0 amide bonds. The van der Waals surface area contributed by atoms with Gasteiger partial charge in [0.15, 0.2) is 16.3 Å². The minimum atomic E-state index is -0.878. The highest BCUT2D eigenvalue weighted by atomic mass is 79.9. The fourth-order valence-electron chi connectivity index (χ4n) is 4.04. The van der Waals surface area contributed by atoms with Crippen molar-refractivity contribution < 1.29 is 23.9 Å². The minimum absolute atomic E-state index is 0.0888. The fourth-order valence-corrected chi connectivity index (χ4v) is 5.63. The summed E-state index contributed by atoms with van der Waals surface area (Å²) in [7, 11) is 3.00. The molecule has 3 aromatic rings. The second kappa shape index (κ2) is 10.7. The van der Waals surface area contributed by atoms with Crippen molar-refractivity contribution in [3.05, 3.63) is 93.1 Å². The zero-order chi connectivity index (χ0) is 26.9. The van der Waals surface area contributed by atoms with E-state index in [2.05, 4.69) is 20.9 Å². The Bertz CT molecular complexity index is 1620. The summed E-state index contributed by atoms with van der Waals surface area (Å²) in [6.45, 7) is 3.53. The van der Waals surface area contributed by atoms with Crippen molar-refractivity contribution in [2.45, 2.75) is 19.9 Å². The molecular weight excluding hydrogens is 566 g/mol. The number of hydrogen-bond donors (Lipinski definition) is 0. The molecule has 37 heavy (non-hydrogen) atoms. The number of ether oxygens (including phenoxy) is 3. The summed E-state index contributed by atoms with van der Waals surface area (Å²) in [6, 6.07) is 8.50. The van der Waals surface area contributed by atoms with Crippen LogP contribution in [0.2, 0.25) is 0 Å². The monoisotopic (exact) mass is 587 g/mol. The van der Waals surface area contributed by atoms with Gasteiger partial charge in [0.2, 0.25) is 0 Å². The van der Waals surface area contributed by atoms with Crippen LogP contribution in [0.5, 0.6) is 11.5 Å². The number of halogens is 1. The summed E-state index contributed by atoms with van der Waals surface area (Å²) in [6.07, 6.45) is 1.57. The number of hydrogen-bond acceptors (Lipinski definition) is 9. The lowest BCUT2D eigenvalue weighted by molar-refractivity contribution is -0.384. The lowest BCUT2D eigenvalue weighted by atomic mass is 9.95. The third-order valence-electron chi connectivity index (χ3n) is 5.69. The number of thiazole rings is 1. The summed E-state index contributed by atoms with van der Waals surface area (Å²) in [5.74, 6) is 0.287. The minimum Gasteiger partial charge on any atom is -0.493 e. The average Bonchev–Trinajstić information content (AvgIpc) is 3.17. The van der Waals surface area contributed by atoms with Crippen molar-refractivity contribution in [1.29, 1.82) is 0 Å². The number of rotatable bonds is 7. The van der Waals surface area contributed by atoms with Crippen LogP contribution < -0.4 is 24.4 Å². The molecule has 0 saturated carbocycles. The summed E-state index contributed by atoms with van der Waals surface area (Å²) in [5.41, 5.74) is 1.19. The van der Waals surface area contributed by atoms with Crippen LogP contribution in [0.1, 0.15) is 31.0 Å². The molecular formula is C25H22BrN3O7S. The number of carbonyl (C=O) groups excluding carboxylic acids is 1. The molecule has 12 heteroatoms. The van der Waals surface area contributed by atoms with Gasteiger partial charge < -0.3 is 14.2 Å². The highest BCUT2D eigenvalue weighted by Crippen LogP contribution is 2.40. The first-order chi connectivity index (χ1) is 17.7. The molecule has 1 atom stereocenters. The Balaban J connectivity index is 2.00. The van der Waals surface area contributed by atoms with Gasteiger partial charge in [-0.1, -0.05) is 39.4 Å². The highest BCUT2D eigenvalue weighted by molar-refractivity contribution is 9.10. The van der Waals surface area contributed by atoms with E-state index in [9.17, 15) is 19.7 Å². The van der Waals surface area contributed by atoms with E-state index in [1.54, 1.807) is 44.2 Å². The number of methoxy groups -OCH3 is 2. The summed E-state index contributed by atoms with van der Waals surface area (Å²) in [4.78, 5) is 42.5. The van der Waals surface area contributed by atoms with E-state index in [4.69, 9.17) is 14.2 Å². The van der Waals surface area contributed by atoms with Crippen LogP contribution in [0.4, 0.5) is 5.69 Å². The molecule has 192 valence electrons. The van der Waals surface area contributed by atoms with E-state index in [0.717, 1.165) is 11.3 Å². The number of carbonyl (C=O) groups is 1. The Hall–Kier alpha value is -3.77. The third kappa shape index (κ3) is 4.94. The number of benzene rings is 2. The number of nitrogens with zero attached hydrogens (tertiary/aromatic N) is 3. The smallest absolute Gasteiger partial charge is 0.338 e. The van der Waals surface area contributed by atoms with Crippen molar-refractivity contribution >= 4 is 45.0 Å². The van der Waals surface area contributed by atoms with Crippen LogP contribution in [-0.2, 0) is 9.53 Å². The molecule has 4 rings (SSSR count). The first kappa shape index (κ1) is 26.3. The predicted molar refractivity (Wildman–Crippen MR) is 141 cm³/mol. The van der Waals surface area contributed by atoms with Gasteiger partial charge in [0.25, 0.3) is 11.2 Å². The first-order valence-electron chi connectivity index (χ1n) is 11.1. The second-order valence-corrected chi connectivity index (χ2v) is 9.75. The molecule has 0 fully saturated rings. The third-order valence-corrected chi connectivity index (χ3v) is 7.36. The van der Waals surface area contributed by atoms with Crippen molar-refractivity contribution in [1.82, 2.24) is 4.57 Å². The second-order valence-electron chi connectivity index (χ2n) is 7.88. The van der Waals surface area contributed by atoms with Gasteiger partial charge in [0.05, 0.1) is 47.6 Å². The lowest BCUT2D eigenvalue weighted by Gasteiger charge is -2.26. The number of esters is 1. The fraction of sp³-hybridized carbons (Fsp3) is 0.240. The van der Waals surface area contributed by atoms with Gasteiger partial charge in [-0.2, -0.15) is 0 Å². The van der Waals surface area contributed by atoms with E-state index >= 15 is 0 Å². The number of fused-ring (bicyclic) bond motifs is 1. The Morgan fingerprint density at radius 3 is 2.59 bits per heavy atom. The summed E-state index contributed by atoms with van der Waals surface area (Å²) >= 11 is 4.68. The number of allylic oxidation sites excluding steroid dienone is 1. The Kier molecular flexibility index (Phi) is 7.60. The van der Waals surface area contributed by atoms with Crippen LogP contribution in [0.3, 0.4) is 0 Å². The topological polar surface area (TPSA) is 122 Å². The molecule has 0 spiro atoms. The van der Waals surface area contributed by atoms with Gasteiger partial charge >= 0.3 is 5.97 Å². The molecule has 0 bridgehead atoms. The van der Waals surface area contributed by atoms with Gasteiger partial charge in [-0.3, -0.25) is 19.5 Å². The molecule has 1 aromatic heterocycles. The number of nitro groups is 1. The van der Waals surface area contributed by atoms with Crippen molar-refractivity contribution in [2.75, 3.05) is 20.8 Å². The molecule has 1 aliphatic rings. The van der Waals surface area contributed by atoms with Crippen LogP contribution in [0, 0.1) is 10.1 Å². The largest absolute Gasteiger partial charge is 0.493 e. The molecule has 10 nitrogen and oxygen atoms in total. The molecule has 0 aliphatic carbocycles. The maximum absolute atomic E-state index is 13.7. The maximum Gasteiger partial charge on any atom is 0.338 e. The normalized spacial score (nSPS) is 15.2. The molecule has 1 aliphatic heterocycles. The highest BCUT2D eigenvalue weighted by Gasteiger charge is 2.35. The zero-order valence-electron chi connectivity index (χ0n) is 20.3. The van der Waals surface area contributed by atoms with E-state index in [0.29, 0.717) is 42.1 Å². The van der Waals surface area contributed by atoms with E-state index < -0.39 is 22.5 Å². The maximum atomic E-state index is 13.7. The lowest BCUT2D eigenvalue weighted by Crippen LogP contribution is -2.40. The Morgan fingerprint density at radius 2 is 1.95 bits per heavy atom. The molecule has 2 aromatic carbocycles. The van der Waals surface area contributed by atoms with E-state index in [1.807, 2.05) is 0 Å². The van der Waals surface area contributed by atoms with Crippen LogP contribution in [0.15, 0.2) is 61.9 Å². The van der Waals surface area contributed by atoms with Gasteiger partial charge in [0, 0.05) is 16.6 Å². The number of aromatic nitrogens is 1. The predicted octanol–water partition coefficient (Wildman–Crippen LogP) is 3.49. The van der Waals surface area contributed by atoms with Crippen LogP contribution in [-0.4, -0.2) is 36.3 Å². The Labute approximate surface area is 223 Å². The molecule has 2 heterocycles. The van der Waals surface area contributed by atoms with Gasteiger partial charge in [0.1, 0.15) is 0 Å². The first-order valence-corrected chi connectivity index (χ1v) is 12.7. The molecule has 0 radical (unpaired) electrons. The summed E-state index contributed by atoms with van der Waals surface area (Å²) in [5, 5.41) is 11.2. The zero-order valence-corrected chi connectivity index (χ0v) is 22.7. The van der Waals surface area contributed by atoms with Gasteiger partial charge in [-0.15, -0.1) is 0 Å². The number of non-ortho nitro benzene ring substituents is 1. The number of nitro benzene ring substituents is 1. The van der Waals surface area contributed by atoms with Crippen molar-refractivity contribution in [2.24, 2.45) is 4.99 Å². The van der Waals surface area contributed by atoms with E-state index in [1.165, 1.54) is 30.9 Å². The van der Waals surface area contributed by atoms with E-state index in [-0.39, 0.29) is 17.9 Å². The van der Waals surface area contributed by atoms with Gasteiger partial charge in [-0.25, -0.2) is 9.79 Å². The van der Waals surface area contributed by atoms with Crippen LogP contribution >= 0.6 is 27.3 Å². The SMILES string of the molecule is CCOC(=O)C1=C(C)N=c2s/c(=C\c3cccc([N+](=O)[O-])c3)c(=O)n2[C@H]1c1cc(OC)c(OC)cc1Br. The Morgan fingerprint density at radius 1 is 1.24 bits per heavy atom. The quantitative estimate of drug-likeness (QED) is 0.235. The molecule has 0 N–H and O–H groups in total.